The molecule has 8 rings (SSSR count). The predicted octanol–water partition coefficient (Wildman–Crippen LogP) is 9.36. The first-order chi connectivity index (χ1) is 20.7. The number of benzene rings is 4. The van der Waals surface area contributed by atoms with Gasteiger partial charge in [-0.2, -0.15) is 10.5 Å². The van der Waals surface area contributed by atoms with E-state index in [9.17, 15) is 10.5 Å². The van der Waals surface area contributed by atoms with Crippen molar-refractivity contribution in [2.24, 2.45) is 0 Å². The molecule has 2 aromatic heterocycles. The molecule has 4 aromatic carbocycles. The first-order valence-electron chi connectivity index (χ1n) is 14.4. The van der Waals surface area contributed by atoms with E-state index in [2.05, 4.69) is 118 Å². The standard InChI is InChI=1S/C38H26N4/c39-23-25-16-17-38-34(20-25)33-12-3-6-15-37(33)42(38)30-19-26(24-40)18-28(22-30)27-8-7-9-29(21-27)41-35-13-4-1-10-31(35)32-11-2-5-14-36(32)41/h1-6,9-21,30H,7-8,22H2. The van der Waals surface area contributed by atoms with Gasteiger partial charge in [0, 0.05) is 38.3 Å². The van der Waals surface area contributed by atoms with Crippen LogP contribution in [-0.2, 0) is 0 Å². The zero-order chi connectivity index (χ0) is 28.2. The van der Waals surface area contributed by atoms with E-state index in [4.69, 9.17) is 0 Å². The number of para-hydroxylation sites is 3. The Labute approximate surface area is 243 Å². The molecule has 0 fully saturated rings. The van der Waals surface area contributed by atoms with Crippen molar-refractivity contribution in [2.45, 2.75) is 25.3 Å². The van der Waals surface area contributed by atoms with Crippen LogP contribution in [0.25, 0.3) is 49.3 Å². The molecule has 0 N–H and O–H groups in total. The third-order valence-electron chi connectivity index (χ3n) is 8.77. The van der Waals surface area contributed by atoms with Crippen LogP contribution in [-0.4, -0.2) is 9.13 Å². The molecule has 4 heteroatoms. The largest absolute Gasteiger partial charge is 0.333 e. The second-order valence-corrected chi connectivity index (χ2v) is 11.1. The fraction of sp³-hybridized carbons (Fsp3) is 0.105. The van der Waals surface area contributed by atoms with E-state index in [0.29, 0.717) is 11.1 Å². The zero-order valence-corrected chi connectivity index (χ0v) is 23.0. The second kappa shape index (κ2) is 9.51. The summed E-state index contributed by atoms with van der Waals surface area (Å²) in [7, 11) is 0. The SMILES string of the molecule is N#CC1=CC(n2c3ccccc3c3cc(C#N)ccc32)CC(C2=CC(n3c4ccccc4c4ccccc43)=CCC2)=C1. The molecule has 2 heterocycles. The zero-order valence-electron chi connectivity index (χ0n) is 23.0. The van der Waals surface area contributed by atoms with Crippen molar-refractivity contribution in [1.29, 1.82) is 10.5 Å². The summed E-state index contributed by atoms with van der Waals surface area (Å²) in [5.74, 6) is 0. The van der Waals surface area contributed by atoms with Gasteiger partial charge in [0.2, 0.25) is 0 Å². The molecule has 2 aliphatic carbocycles. The summed E-state index contributed by atoms with van der Waals surface area (Å²) in [6, 6.07) is 36.2. The second-order valence-electron chi connectivity index (χ2n) is 11.1. The minimum absolute atomic E-state index is 0.0153. The van der Waals surface area contributed by atoms with Crippen LogP contribution in [0, 0.1) is 22.7 Å². The number of allylic oxidation sites excluding steroid dienone is 8. The Morgan fingerprint density at radius 1 is 0.643 bits per heavy atom. The summed E-state index contributed by atoms with van der Waals surface area (Å²) >= 11 is 0. The third-order valence-corrected chi connectivity index (χ3v) is 8.77. The molecule has 0 saturated heterocycles. The van der Waals surface area contributed by atoms with Crippen LogP contribution in [0.3, 0.4) is 0 Å². The summed E-state index contributed by atoms with van der Waals surface area (Å²) in [5.41, 5.74) is 9.63. The summed E-state index contributed by atoms with van der Waals surface area (Å²) in [4.78, 5) is 0. The van der Waals surface area contributed by atoms with Gasteiger partial charge < -0.3 is 9.13 Å². The van der Waals surface area contributed by atoms with Gasteiger partial charge in [0.05, 0.1) is 40.4 Å². The van der Waals surface area contributed by atoms with Crippen LogP contribution in [0.15, 0.2) is 132 Å². The monoisotopic (exact) mass is 538 g/mol. The first-order valence-corrected chi connectivity index (χ1v) is 14.4. The van der Waals surface area contributed by atoms with Gasteiger partial charge in [-0.15, -0.1) is 0 Å². The lowest BCUT2D eigenvalue weighted by Gasteiger charge is -2.26. The Morgan fingerprint density at radius 2 is 1.29 bits per heavy atom. The molecule has 42 heavy (non-hydrogen) atoms. The molecule has 2 aliphatic rings. The van der Waals surface area contributed by atoms with Gasteiger partial charge in [-0.1, -0.05) is 60.7 Å². The average Bonchev–Trinajstić information content (AvgIpc) is 3.57. The minimum Gasteiger partial charge on any atom is -0.333 e. The van der Waals surface area contributed by atoms with Crippen molar-refractivity contribution in [2.75, 3.05) is 0 Å². The molecule has 6 aromatic rings. The summed E-state index contributed by atoms with van der Waals surface area (Å²) in [6.07, 6.45) is 11.5. The summed E-state index contributed by atoms with van der Waals surface area (Å²) < 4.78 is 4.73. The van der Waals surface area contributed by atoms with Crippen molar-refractivity contribution in [3.05, 3.63) is 138 Å². The number of nitrogens with zero attached hydrogens (tertiary/aromatic N) is 4. The van der Waals surface area contributed by atoms with Crippen molar-refractivity contribution in [3.63, 3.8) is 0 Å². The Balaban J connectivity index is 1.25. The number of aromatic nitrogens is 2. The topological polar surface area (TPSA) is 57.4 Å². The molecule has 0 spiro atoms. The first kappa shape index (κ1) is 24.2. The van der Waals surface area contributed by atoms with E-state index in [1.54, 1.807) is 0 Å². The molecule has 1 atom stereocenters. The number of hydrogen-bond acceptors (Lipinski definition) is 2. The molecule has 0 amide bonds. The van der Waals surface area contributed by atoms with Crippen LogP contribution < -0.4 is 0 Å². The maximum absolute atomic E-state index is 10.1. The van der Waals surface area contributed by atoms with Gasteiger partial charge in [-0.25, -0.2) is 0 Å². The van der Waals surface area contributed by atoms with Crippen LogP contribution in [0.5, 0.6) is 0 Å². The van der Waals surface area contributed by atoms with Gasteiger partial charge in [-0.3, -0.25) is 0 Å². The fourth-order valence-electron chi connectivity index (χ4n) is 6.97. The van der Waals surface area contributed by atoms with Gasteiger partial charge in [0.1, 0.15) is 0 Å². The fourth-order valence-corrected chi connectivity index (χ4v) is 6.97. The normalized spacial score (nSPS) is 17.0. The average molecular weight is 539 g/mol. The van der Waals surface area contributed by atoms with Crippen molar-refractivity contribution in [1.82, 2.24) is 9.13 Å². The Hall–Kier alpha value is -5.58. The maximum atomic E-state index is 10.1. The molecular formula is C38H26N4. The lowest BCUT2D eigenvalue weighted by atomic mass is 9.86. The molecule has 0 bridgehead atoms. The Morgan fingerprint density at radius 3 is 1.98 bits per heavy atom. The molecule has 4 nitrogen and oxygen atoms in total. The maximum Gasteiger partial charge on any atom is 0.0991 e. The highest BCUT2D eigenvalue weighted by Gasteiger charge is 2.24. The smallest absolute Gasteiger partial charge is 0.0991 e. The molecular weight excluding hydrogens is 512 g/mol. The molecule has 0 radical (unpaired) electrons. The van der Waals surface area contributed by atoms with E-state index >= 15 is 0 Å². The summed E-state index contributed by atoms with van der Waals surface area (Å²) in [5, 5.41) is 24.4. The van der Waals surface area contributed by atoms with Crippen molar-refractivity contribution in [3.8, 4) is 12.1 Å². The highest BCUT2D eigenvalue weighted by atomic mass is 15.0. The number of rotatable bonds is 3. The number of nitriles is 2. The Kier molecular flexibility index (Phi) is 5.49. The van der Waals surface area contributed by atoms with Gasteiger partial charge in [-0.05, 0) is 85.0 Å². The predicted molar refractivity (Wildman–Crippen MR) is 171 cm³/mol. The lowest BCUT2D eigenvalue weighted by molar-refractivity contribution is 0.626. The van der Waals surface area contributed by atoms with E-state index in [1.165, 1.54) is 38.6 Å². The van der Waals surface area contributed by atoms with Crippen LogP contribution >= 0.6 is 0 Å². The molecule has 198 valence electrons. The van der Waals surface area contributed by atoms with Gasteiger partial charge >= 0.3 is 0 Å². The third kappa shape index (κ3) is 3.66. The highest BCUT2D eigenvalue weighted by Crippen LogP contribution is 2.41. The van der Waals surface area contributed by atoms with Crippen LogP contribution in [0.2, 0.25) is 0 Å². The van der Waals surface area contributed by atoms with E-state index in [0.717, 1.165) is 41.1 Å². The van der Waals surface area contributed by atoms with E-state index < -0.39 is 0 Å². The molecule has 0 saturated carbocycles. The summed E-state index contributed by atoms with van der Waals surface area (Å²) in [6.45, 7) is 0. The quantitative estimate of drug-likeness (QED) is 0.225. The minimum atomic E-state index is -0.0153. The highest BCUT2D eigenvalue weighted by molar-refractivity contribution is 6.11. The lowest BCUT2D eigenvalue weighted by Crippen LogP contribution is -2.13. The van der Waals surface area contributed by atoms with E-state index in [-0.39, 0.29) is 6.04 Å². The number of fused-ring (bicyclic) bond motifs is 6. The van der Waals surface area contributed by atoms with E-state index in [1.807, 2.05) is 18.2 Å². The molecule has 0 aliphatic heterocycles. The Bertz CT molecular complexity index is 2250. The van der Waals surface area contributed by atoms with Crippen LogP contribution in [0.4, 0.5) is 0 Å². The van der Waals surface area contributed by atoms with Crippen molar-refractivity contribution < 1.29 is 0 Å². The van der Waals surface area contributed by atoms with Crippen LogP contribution in [0.1, 0.15) is 30.9 Å². The van der Waals surface area contributed by atoms with Crippen molar-refractivity contribution >= 4 is 49.3 Å². The van der Waals surface area contributed by atoms with Gasteiger partial charge in [0.25, 0.3) is 0 Å². The van der Waals surface area contributed by atoms with Gasteiger partial charge in [0.15, 0.2) is 0 Å². The molecule has 1 unspecified atom stereocenters. The number of hydrogen-bond donors (Lipinski definition) is 0.